The molecule has 0 bridgehead atoms. The van der Waals surface area contributed by atoms with Crippen LogP contribution in [0.1, 0.15) is 49.9 Å². The van der Waals surface area contributed by atoms with Crippen molar-refractivity contribution in [3.63, 3.8) is 0 Å². The largest absolute Gasteiger partial charge is 0.454 e. The van der Waals surface area contributed by atoms with Crippen molar-refractivity contribution in [2.75, 3.05) is 13.3 Å². The predicted octanol–water partition coefficient (Wildman–Crippen LogP) is 2.94. The van der Waals surface area contributed by atoms with Crippen LogP contribution in [-0.2, 0) is 17.8 Å². The number of carbonyl (C=O) groups is 1. The first-order valence-electron chi connectivity index (χ1n) is 10.1. The number of nitrogens with two attached hydrogens (primary N) is 1. The first kappa shape index (κ1) is 20.2. The number of hydrogen-bond donors (Lipinski definition) is 2. The van der Waals surface area contributed by atoms with Gasteiger partial charge >= 0.3 is 0 Å². The maximum absolute atomic E-state index is 12.3. The average Bonchev–Trinajstić information content (AvgIpc) is 3.15. The van der Waals surface area contributed by atoms with Gasteiger partial charge in [0.2, 0.25) is 6.79 Å². The smallest absolute Gasteiger partial charge is 0.275 e. The Labute approximate surface area is 167 Å². The van der Waals surface area contributed by atoms with Crippen molar-refractivity contribution >= 4 is 5.91 Å². The summed E-state index contributed by atoms with van der Waals surface area (Å²) in [5.41, 5.74) is 3.65. The molecule has 1 aliphatic heterocycles. The summed E-state index contributed by atoms with van der Waals surface area (Å²) in [6, 6.07) is 14.9. The normalized spacial score (nSPS) is 13.6. The molecule has 0 unspecified atom stereocenters. The number of carbonyl (C=O) groups excluding carboxylic acids is 1. The Morgan fingerprint density at radius 3 is 2.50 bits per heavy atom. The number of ether oxygens (including phenoxy) is 2. The van der Waals surface area contributed by atoms with Crippen LogP contribution in [0.15, 0.2) is 42.5 Å². The third-order valence-electron chi connectivity index (χ3n) is 5.11. The second kappa shape index (κ2) is 9.60. The van der Waals surface area contributed by atoms with Gasteiger partial charge in [-0.2, -0.15) is 0 Å². The van der Waals surface area contributed by atoms with Gasteiger partial charge in [-0.1, -0.05) is 57.5 Å². The quantitative estimate of drug-likeness (QED) is 0.700. The zero-order valence-corrected chi connectivity index (χ0v) is 17.0. The van der Waals surface area contributed by atoms with Crippen molar-refractivity contribution in [1.29, 1.82) is 0 Å². The van der Waals surface area contributed by atoms with Crippen LogP contribution >= 0.6 is 0 Å². The van der Waals surface area contributed by atoms with Crippen LogP contribution in [0.4, 0.5) is 0 Å². The summed E-state index contributed by atoms with van der Waals surface area (Å²) >= 11 is 0. The van der Waals surface area contributed by atoms with Crippen LogP contribution in [0.3, 0.4) is 0 Å². The van der Waals surface area contributed by atoms with Crippen LogP contribution in [0, 0.1) is 5.92 Å². The van der Waals surface area contributed by atoms with Gasteiger partial charge in [0.05, 0.1) is 0 Å². The summed E-state index contributed by atoms with van der Waals surface area (Å²) in [5, 5.41) is 5.13. The van der Waals surface area contributed by atoms with Gasteiger partial charge in [-0.25, -0.2) is 0 Å². The number of hydrogen-bond acceptors (Lipinski definition) is 3. The highest BCUT2D eigenvalue weighted by molar-refractivity contribution is 5.76. The van der Waals surface area contributed by atoms with Crippen LogP contribution in [0.25, 0.3) is 0 Å². The first-order valence-corrected chi connectivity index (χ1v) is 10.1. The van der Waals surface area contributed by atoms with Crippen molar-refractivity contribution < 1.29 is 19.6 Å². The Morgan fingerprint density at radius 1 is 1.07 bits per heavy atom. The molecular weight excluding hydrogens is 352 g/mol. The Kier molecular flexibility index (Phi) is 6.93. The zero-order valence-electron chi connectivity index (χ0n) is 17.0. The fourth-order valence-corrected chi connectivity index (χ4v) is 3.55. The molecule has 3 N–H and O–H groups in total. The van der Waals surface area contributed by atoms with Gasteiger partial charge in [-0.15, -0.1) is 0 Å². The molecule has 28 heavy (non-hydrogen) atoms. The molecule has 1 amide bonds. The van der Waals surface area contributed by atoms with E-state index in [2.05, 4.69) is 55.7 Å². The number of rotatable bonds is 9. The van der Waals surface area contributed by atoms with E-state index in [1.54, 1.807) is 0 Å². The predicted molar refractivity (Wildman–Crippen MR) is 109 cm³/mol. The molecule has 1 heterocycles. The van der Waals surface area contributed by atoms with E-state index >= 15 is 0 Å². The number of quaternary nitrogens is 1. The van der Waals surface area contributed by atoms with Crippen molar-refractivity contribution in [1.82, 2.24) is 5.32 Å². The molecule has 0 spiro atoms. The third-order valence-corrected chi connectivity index (χ3v) is 5.11. The Balaban J connectivity index is 1.51. The molecule has 0 fully saturated rings. The summed E-state index contributed by atoms with van der Waals surface area (Å²) in [4.78, 5) is 12.3. The molecule has 5 nitrogen and oxygen atoms in total. The molecule has 1 atom stereocenters. The summed E-state index contributed by atoms with van der Waals surface area (Å²) < 4.78 is 10.7. The molecule has 5 heteroatoms. The maximum atomic E-state index is 12.3. The van der Waals surface area contributed by atoms with Crippen LogP contribution in [0.5, 0.6) is 11.5 Å². The van der Waals surface area contributed by atoms with E-state index in [1.165, 1.54) is 11.1 Å². The second-order valence-electron chi connectivity index (χ2n) is 7.67. The lowest BCUT2D eigenvalue weighted by Crippen LogP contribution is -2.88. The average molecular weight is 384 g/mol. The summed E-state index contributed by atoms with van der Waals surface area (Å²) in [6.07, 6.45) is 2.27. The molecule has 2 aromatic rings. The molecule has 0 aliphatic carbocycles. The lowest BCUT2D eigenvalue weighted by atomic mass is 9.94. The lowest BCUT2D eigenvalue weighted by molar-refractivity contribution is -0.692. The second-order valence-corrected chi connectivity index (χ2v) is 7.67. The van der Waals surface area contributed by atoms with Crippen LogP contribution in [-0.4, -0.2) is 19.2 Å². The van der Waals surface area contributed by atoms with Gasteiger partial charge in [0.25, 0.3) is 5.91 Å². The van der Waals surface area contributed by atoms with Gasteiger partial charge < -0.3 is 20.1 Å². The van der Waals surface area contributed by atoms with Crippen molar-refractivity contribution in [3.8, 4) is 11.5 Å². The van der Waals surface area contributed by atoms with Crippen LogP contribution < -0.4 is 20.1 Å². The fourth-order valence-electron chi connectivity index (χ4n) is 3.55. The van der Waals surface area contributed by atoms with Gasteiger partial charge in [0.15, 0.2) is 18.0 Å². The number of amides is 1. The van der Waals surface area contributed by atoms with E-state index in [9.17, 15) is 4.79 Å². The maximum Gasteiger partial charge on any atom is 0.275 e. The highest BCUT2D eigenvalue weighted by Crippen LogP contribution is 2.32. The Hall–Kier alpha value is -2.53. The van der Waals surface area contributed by atoms with Gasteiger partial charge in [-0.05, 0) is 29.7 Å². The molecule has 150 valence electrons. The molecule has 0 aromatic heterocycles. The highest BCUT2D eigenvalue weighted by Gasteiger charge is 2.20. The van der Waals surface area contributed by atoms with Crippen molar-refractivity contribution in [2.24, 2.45) is 5.92 Å². The van der Waals surface area contributed by atoms with E-state index in [0.717, 1.165) is 29.9 Å². The summed E-state index contributed by atoms with van der Waals surface area (Å²) in [7, 11) is 0. The van der Waals surface area contributed by atoms with Gasteiger partial charge in [0.1, 0.15) is 6.04 Å². The molecular formula is C23H31N2O3+. The molecule has 3 rings (SSSR count). The number of fused-ring (bicyclic) bond motifs is 1. The standard InChI is InChI=1S/C23H30N2O3/c1-4-5-17-6-9-19(10-7-17)23(16(2)3)25-14-22(26)24-13-18-8-11-20-21(12-18)28-15-27-20/h6-12,16,23,25H,4-5,13-15H2,1-3H3,(H,24,26)/p+1/t23-/m1/s1. The molecule has 0 saturated heterocycles. The SMILES string of the molecule is CCCc1ccc([C@H]([NH2+]CC(=O)NCc2ccc3c(c2)OCO3)C(C)C)cc1. The fraction of sp³-hybridized carbons (Fsp3) is 0.435. The summed E-state index contributed by atoms with van der Waals surface area (Å²) in [5.74, 6) is 1.97. The number of aryl methyl sites for hydroxylation is 1. The minimum Gasteiger partial charge on any atom is -0.454 e. The van der Waals surface area contributed by atoms with Crippen molar-refractivity contribution in [2.45, 2.75) is 46.2 Å². The lowest BCUT2D eigenvalue weighted by Gasteiger charge is -2.20. The van der Waals surface area contributed by atoms with E-state index in [0.29, 0.717) is 19.0 Å². The zero-order chi connectivity index (χ0) is 19.9. The van der Waals surface area contributed by atoms with E-state index in [4.69, 9.17) is 9.47 Å². The molecule has 0 radical (unpaired) electrons. The van der Waals surface area contributed by atoms with E-state index in [-0.39, 0.29) is 18.7 Å². The first-order chi connectivity index (χ1) is 13.6. The van der Waals surface area contributed by atoms with Crippen molar-refractivity contribution in [3.05, 3.63) is 59.2 Å². The Bertz CT molecular complexity index is 787. The molecule has 0 saturated carbocycles. The van der Waals surface area contributed by atoms with E-state index < -0.39 is 0 Å². The number of nitrogens with one attached hydrogen (secondary N) is 1. The molecule has 1 aliphatic rings. The monoisotopic (exact) mass is 383 g/mol. The van der Waals surface area contributed by atoms with Gasteiger partial charge in [0, 0.05) is 18.0 Å². The Morgan fingerprint density at radius 2 is 1.79 bits per heavy atom. The van der Waals surface area contributed by atoms with Gasteiger partial charge in [-0.3, -0.25) is 4.79 Å². The summed E-state index contributed by atoms with van der Waals surface area (Å²) in [6.45, 7) is 7.75. The van der Waals surface area contributed by atoms with E-state index in [1.807, 2.05) is 18.2 Å². The minimum atomic E-state index is 0.0333. The topological polar surface area (TPSA) is 64.2 Å². The number of benzene rings is 2. The third kappa shape index (κ3) is 5.26. The molecule has 2 aromatic carbocycles. The van der Waals surface area contributed by atoms with Crippen LogP contribution in [0.2, 0.25) is 0 Å². The minimum absolute atomic E-state index is 0.0333. The highest BCUT2D eigenvalue weighted by atomic mass is 16.7.